The van der Waals surface area contributed by atoms with Crippen LogP contribution in [0.4, 0.5) is 0 Å². The van der Waals surface area contributed by atoms with Gasteiger partial charge in [0.2, 0.25) is 0 Å². The van der Waals surface area contributed by atoms with E-state index in [1.165, 1.54) is 0 Å². The lowest BCUT2D eigenvalue weighted by atomic mass is 10.1. The molecule has 0 atom stereocenters. The summed E-state index contributed by atoms with van der Waals surface area (Å²) in [6, 6.07) is 13.9. The van der Waals surface area contributed by atoms with Crippen molar-refractivity contribution in [2.45, 2.75) is 33.8 Å². The Kier molecular flexibility index (Phi) is 6.48. The van der Waals surface area contributed by atoms with Crippen LogP contribution in [0, 0.1) is 0 Å². The zero-order chi connectivity index (χ0) is 16.7. The standard InChI is InChI=1S/C19H22ClNO2/c1-4-16-12-15(6-11-19(16)20)13-22-18-9-7-17(8-10-18)14(3)21-23-5-2/h6-12H,4-5,13H2,1-3H3/b21-14-. The van der Waals surface area contributed by atoms with Crippen molar-refractivity contribution in [2.75, 3.05) is 6.61 Å². The zero-order valence-corrected chi connectivity index (χ0v) is 14.6. The molecule has 0 unspecified atom stereocenters. The third-order valence-electron chi connectivity index (χ3n) is 3.50. The summed E-state index contributed by atoms with van der Waals surface area (Å²) in [4.78, 5) is 5.06. The molecule has 0 aromatic heterocycles. The summed E-state index contributed by atoms with van der Waals surface area (Å²) < 4.78 is 5.83. The van der Waals surface area contributed by atoms with Gasteiger partial charge in [-0.25, -0.2) is 0 Å². The van der Waals surface area contributed by atoms with Crippen LogP contribution in [0.2, 0.25) is 5.02 Å². The summed E-state index contributed by atoms with van der Waals surface area (Å²) in [5, 5.41) is 4.84. The number of halogens is 1. The van der Waals surface area contributed by atoms with E-state index in [4.69, 9.17) is 21.2 Å². The molecule has 0 amide bonds. The number of rotatable bonds is 7. The summed E-state index contributed by atoms with van der Waals surface area (Å²) in [7, 11) is 0. The maximum Gasteiger partial charge on any atom is 0.119 e. The van der Waals surface area contributed by atoms with Crippen LogP contribution in [-0.4, -0.2) is 12.3 Å². The Labute approximate surface area is 142 Å². The van der Waals surface area contributed by atoms with E-state index in [-0.39, 0.29) is 0 Å². The Morgan fingerprint density at radius 3 is 2.48 bits per heavy atom. The lowest BCUT2D eigenvalue weighted by molar-refractivity contribution is 0.159. The first-order chi connectivity index (χ1) is 11.1. The normalized spacial score (nSPS) is 11.4. The second-order valence-corrected chi connectivity index (χ2v) is 5.59. The number of oxime groups is 1. The molecule has 2 aromatic carbocycles. The highest BCUT2D eigenvalue weighted by Gasteiger charge is 2.03. The fourth-order valence-electron chi connectivity index (χ4n) is 2.16. The van der Waals surface area contributed by atoms with Crippen molar-refractivity contribution in [3.63, 3.8) is 0 Å². The smallest absolute Gasteiger partial charge is 0.119 e. The molecule has 0 saturated heterocycles. The highest BCUT2D eigenvalue weighted by Crippen LogP contribution is 2.20. The molecule has 0 bridgehead atoms. The minimum Gasteiger partial charge on any atom is -0.489 e. The van der Waals surface area contributed by atoms with Gasteiger partial charge in [-0.3, -0.25) is 0 Å². The molecule has 0 aliphatic rings. The molecule has 0 aliphatic heterocycles. The molecule has 0 radical (unpaired) electrons. The predicted octanol–water partition coefficient (Wildman–Crippen LogP) is 5.24. The Hall–Kier alpha value is -2.00. The van der Waals surface area contributed by atoms with Gasteiger partial charge < -0.3 is 9.57 Å². The van der Waals surface area contributed by atoms with Gasteiger partial charge >= 0.3 is 0 Å². The molecule has 2 rings (SSSR count). The van der Waals surface area contributed by atoms with Crippen LogP contribution in [0.5, 0.6) is 5.75 Å². The molecule has 0 fully saturated rings. The fraction of sp³-hybridized carbons (Fsp3) is 0.316. The Morgan fingerprint density at radius 2 is 1.83 bits per heavy atom. The van der Waals surface area contributed by atoms with Gasteiger partial charge in [-0.1, -0.05) is 35.8 Å². The van der Waals surface area contributed by atoms with Gasteiger partial charge in [0, 0.05) is 5.02 Å². The molecular formula is C19H22ClNO2. The van der Waals surface area contributed by atoms with Crippen molar-refractivity contribution >= 4 is 17.3 Å². The molecule has 2 aromatic rings. The van der Waals surface area contributed by atoms with Crippen molar-refractivity contribution in [3.8, 4) is 5.75 Å². The second-order valence-electron chi connectivity index (χ2n) is 5.19. The predicted molar refractivity (Wildman–Crippen MR) is 95.4 cm³/mol. The summed E-state index contributed by atoms with van der Waals surface area (Å²) in [6.45, 7) is 7.02. The van der Waals surface area contributed by atoms with Crippen molar-refractivity contribution in [1.29, 1.82) is 0 Å². The average Bonchev–Trinajstić information content (AvgIpc) is 2.59. The largest absolute Gasteiger partial charge is 0.489 e. The quantitative estimate of drug-likeness (QED) is 0.513. The molecule has 122 valence electrons. The average molecular weight is 332 g/mol. The molecule has 3 nitrogen and oxygen atoms in total. The molecule has 0 saturated carbocycles. The van der Waals surface area contributed by atoms with Gasteiger partial charge in [-0.2, -0.15) is 0 Å². The molecule has 23 heavy (non-hydrogen) atoms. The van der Waals surface area contributed by atoms with E-state index in [1.54, 1.807) is 0 Å². The Balaban J connectivity index is 1.99. The Morgan fingerprint density at radius 1 is 1.09 bits per heavy atom. The topological polar surface area (TPSA) is 30.8 Å². The lowest BCUT2D eigenvalue weighted by Crippen LogP contribution is -1.99. The minimum absolute atomic E-state index is 0.523. The van der Waals surface area contributed by atoms with E-state index < -0.39 is 0 Å². The molecule has 0 heterocycles. The number of nitrogens with zero attached hydrogens (tertiary/aromatic N) is 1. The third kappa shape index (κ3) is 5.00. The fourth-order valence-corrected chi connectivity index (χ4v) is 2.41. The van der Waals surface area contributed by atoms with Crippen molar-refractivity contribution in [3.05, 3.63) is 64.2 Å². The van der Waals surface area contributed by atoms with Crippen molar-refractivity contribution in [1.82, 2.24) is 0 Å². The van der Waals surface area contributed by atoms with Gasteiger partial charge in [0.1, 0.15) is 19.0 Å². The monoisotopic (exact) mass is 331 g/mol. The van der Waals surface area contributed by atoms with E-state index in [1.807, 2.05) is 50.2 Å². The zero-order valence-electron chi connectivity index (χ0n) is 13.8. The molecule has 0 N–H and O–H groups in total. The van der Waals surface area contributed by atoms with Gasteiger partial charge in [0.25, 0.3) is 0 Å². The van der Waals surface area contributed by atoms with Crippen LogP contribution >= 0.6 is 11.6 Å². The Bertz CT molecular complexity index is 666. The molecule has 0 spiro atoms. The van der Waals surface area contributed by atoms with E-state index in [0.717, 1.165) is 39.6 Å². The van der Waals surface area contributed by atoms with E-state index in [0.29, 0.717) is 13.2 Å². The second kappa shape index (κ2) is 8.59. The van der Waals surface area contributed by atoms with Crippen LogP contribution in [0.15, 0.2) is 47.6 Å². The molecule has 0 aliphatic carbocycles. The summed E-state index contributed by atoms with van der Waals surface area (Å²) >= 11 is 6.13. The van der Waals surface area contributed by atoms with Crippen molar-refractivity contribution in [2.24, 2.45) is 5.16 Å². The first-order valence-electron chi connectivity index (χ1n) is 7.81. The number of benzene rings is 2. The van der Waals surface area contributed by atoms with E-state index in [2.05, 4.69) is 18.1 Å². The van der Waals surface area contributed by atoms with Crippen LogP contribution in [0.1, 0.15) is 37.5 Å². The van der Waals surface area contributed by atoms with Gasteiger partial charge in [-0.15, -0.1) is 0 Å². The van der Waals surface area contributed by atoms with Crippen molar-refractivity contribution < 1.29 is 9.57 Å². The number of hydrogen-bond acceptors (Lipinski definition) is 3. The highest BCUT2D eigenvalue weighted by atomic mass is 35.5. The first-order valence-corrected chi connectivity index (χ1v) is 8.19. The highest BCUT2D eigenvalue weighted by molar-refractivity contribution is 6.31. The van der Waals surface area contributed by atoms with Crippen LogP contribution < -0.4 is 4.74 Å². The van der Waals surface area contributed by atoms with E-state index >= 15 is 0 Å². The minimum atomic E-state index is 0.523. The first kappa shape index (κ1) is 17.4. The van der Waals surface area contributed by atoms with Gasteiger partial charge in [0.05, 0.1) is 5.71 Å². The maximum atomic E-state index is 6.13. The number of aryl methyl sites for hydroxylation is 1. The van der Waals surface area contributed by atoms with E-state index in [9.17, 15) is 0 Å². The van der Waals surface area contributed by atoms with Crippen LogP contribution in [0.25, 0.3) is 0 Å². The summed E-state index contributed by atoms with van der Waals surface area (Å²) in [5.41, 5.74) is 4.13. The third-order valence-corrected chi connectivity index (χ3v) is 3.87. The maximum absolute atomic E-state index is 6.13. The lowest BCUT2D eigenvalue weighted by Gasteiger charge is -2.09. The molecule has 4 heteroatoms. The van der Waals surface area contributed by atoms with Gasteiger partial charge in [0.15, 0.2) is 0 Å². The SMILES string of the molecule is CCO/N=C(/C)c1ccc(OCc2ccc(Cl)c(CC)c2)cc1. The number of hydrogen-bond donors (Lipinski definition) is 0. The van der Waals surface area contributed by atoms with Crippen LogP contribution in [-0.2, 0) is 17.9 Å². The summed E-state index contributed by atoms with van der Waals surface area (Å²) in [5.74, 6) is 0.825. The van der Waals surface area contributed by atoms with Gasteiger partial charge in [-0.05, 0) is 67.3 Å². The molecular weight excluding hydrogens is 310 g/mol. The number of ether oxygens (including phenoxy) is 1. The summed E-state index contributed by atoms with van der Waals surface area (Å²) in [6.07, 6.45) is 0.916. The van der Waals surface area contributed by atoms with Crippen LogP contribution in [0.3, 0.4) is 0 Å².